The van der Waals surface area contributed by atoms with E-state index in [1.807, 2.05) is 0 Å². The van der Waals surface area contributed by atoms with E-state index < -0.39 is 0 Å². The maximum absolute atomic E-state index is 3.06. The molecule has 2 radical (unpaired) electrons. The Kier molecular flexibility index (Phi) is 12.1. The van der Waals surface area contributed by atoms with Crippen LogP contribution in [0.2, 0.25) is 0 Å². The summed E-state index contributed by atoms with van der Waals surface area (Å²) in [5.74, 6) is 0. The molecule has 0 bridgehead atoms. The first-order chi connectivity index (χ1) is 13.1. The van der Waals surface area contributed by atoms with Crippen molar-refractivity contribution in [1.29, 1.82) is 0 Å². The van der Waals surface area contributed by atoms with Gasteiger partial charge in [-0.25, -0.2) is 0 Å². The Morgan fingerprint density at radius 1 is 0.600 bits per heavy atom. The fraction of sp³-hybridized carbons (Fsp3) is 0.308. The summed E-state index contributed by atoms with van der Waals surface area (Å²) in [6.45, 7) is 16.6. The van der Waals surface area contributed by atoms with Crippen LogP contribution in [0.25, 0.3) is 21.5 Å². The molecule has 4 aromatic rings. The minimum absolute atomic E-state index is 0. The van der Waals surface area contributed by atoms with E-state index in [9.17, 15) is 0 Å². The molecule has 30 heavy (non-hydrogen) atoms. The summed E-state index contributed by atoms with van der Waals surface area (Å²) in [6, 6.07) is 26.2. The second-order valence-electron chi connectivity index (χ2n) is 9.25. The zero-order valence-electron chi connectivity index (χ0n) is 18.7. The van der Waals surface area contributed by atoms with Crippen LogP contribution in [0.5, 0.6) is 0 Å². The first-order valence-corrected chi connectivity index (χ1v) is 13.9. The molecular formula is C26H30Cl2SiZr-2. The molecule has 0 aromatic heterocycles. The van der Waals surface area contributed by atoms with Gasteiger partial charge in [0.15, 0.2) is 0 Å². The average Bonchev–Trinajstić information content (AvgIpc) is 3.27. The molecule has 4 aromatic carbocycles. The number of benzene rings is 2. The Morgan fingerprint density at radius 2 is 0.900 bits per heavy atom. The van der Waals surface area contributed by atoms with Crippen LogP contribution in [0.15, 0.2) is 72.8 Å². The van der Waals surface area contributed by atoms with Gasteiger partial charge in [-0.05, 0) is 10.8 Å². The van der Waals surface area contributed by atoms with E-state index in [0.717, 1.165) is 0 Å². The normalized spacial score (nSPS) is 10.8. The number of hydrogen-bond acceptors (Lipinski definition) is 0. The molecule has 0 spiro atoms. The molecule has 0 nitrogen and oxygen atoms in total. The average molecular weight is 533 g/mol. The third-order valence-electron chi connectivity index (χ3n) is 4.97. The van der Waals surface area contributed by atoms with Gasteiger partial charge in [0.25, 0.3) is 0 Å². The zero-order chi connectivity index (χ0) is 20.9. The molecule has 0 aliphatic heterocycles. The molecule has 0 aliphatic carbocycles. The van der Waals surface area contributed by atoms with Crippen molar-refractivity contribution in [2.75, 3.05) is 0 Å². The number of rotatable bonds is 0. The van der Waals surface area contributed by atoms with Crippen molar-refractivity contribution in [3.63, 3.8) is 0 Å². The summed E-state index contributed by atoms with van der Waals surface area (Å²) in [6.07, 6.45) is 0. The summed E-state index contributed by atoms with van der Waals surface area (Å²) >= 11 is 1.36. The van der Waals surface area contributed by atoms with E-state index in [2.05, 4.69) is 121 Å². The van der Waals surface area contributed by atoms with E-state index in [4.69, 9.17) is 0 Å². The van der Waals surface area contributed by atoms with E-state index in [1.165, 1.54) is 56.0 Å². The number of hydrogen-bond donors (Lipinski definition) is 0. The van der Waals surface area contributed by atoms with Gasteiger partial charge >= 0.3 is 30.2 Å². The zero-order valence-corrected chi connectivity index (χ0v) is 23.7. The van der Waals surface area contributed by atoms with Crippen LogP contribution in [-0.2, 0) is 34.2 Å². The van der Waals surface area contributed by atoms with Gasteiger partial charge in [-0.1, -0.05) is 53.7 Å². The molecule has 0 atom stereocenters. The molecule has 4 rings (SSSR count). The summed E-state index contributed by atoms with van der Waals surface area (Å²) in [7, 11) is 0. The summed E-state index contributed by atoms with van der Waals surface area (Å²) < 4.78 is 0. The molecule has 0 aliphatic rings. The minimum atomic E-state index is 0. The van der Waals surface area contributed by atoms with Gasteiger partial charge in [0.1, 0.15) is 0 Å². The summed E-state index contributed by atoms with van der Waals surface area (Å²) in [4.78, 5) is 0. The Labute approximate surface area is 211 Å². The van der Waals surface area contributed by atoms with Gasteiger partial charge in [0.05, 0.1) is 0 Å². The number of halogens is 2. The predicted octanol–water partition coefficient (Wildman–Crippen LogP) is 1.34. The molecule has 158 valence electrons. The third-order valence-corrected chi connectivity index (χ3v) is 4.97. The van der Waals surface area contributed by atoms with Gasteiger partial charge in [0, 0.05) is 0 Å². The van der Waals surface area contributed by atoms with E-state index >= 15 is 0 Å². The van der Waals surface area contributed by atoms with Crippen LogP contribution in [-0.4, -0.2) is 6.88 Å². The molecule has 0 saturated carbocycles. The van der Waals surface area contributed by atoms with Gasteiger partial charge < -0.3 is 24.8 Å². The van der Waals surface area contributed by atoms with Crippen LogP contribution in [0.1, 0.15) is 52.7 Å². The van der Waals surface area contributed by atoms with Gasteiger partial charge in [-0.15, -0.1) is 81.2 Å². The first-order valence-electron chi connectivity index (χ1n) is 9.71. The Hall–Kier alpha value is -0.660. The van der Waals surface area contributed by atoms with Crippen LogP contribution < -0.4 is 24.8 Å². The van der Waals surface area contributed by atoms with Crippen molar-refractivity contribution in [3.05, 3.63) is 83.9 Å². The summed E-state index contributed by atoms with van der Waals surface area (Å²) in [5.41, 5.74) is 3.38. The molecule has 0 N–H and O–H groups in total. The van der Waals surface area contributed by atoms with Crippen molar-refractivity contribution < 1.29 is 48.1 Å². The fourth-order valence-electron chi connectivity index (χ4n) is 3.17. The Morgan fingerprint density at radius 3 is 1.17 bits per heavy atom. The van der Waals surface area contributed by atoms with Crippen molar-refractivity contribution in [1.82, 2.24) is 0 Å². The van der Waals surface area contributed by atoms with E-state index in [-0.39, 0.29) is 35.6 Å². The summed E-state index contributed by atoms with van der Waals surface area (Å²) in [5, 5.41) is 5.42. The predicted molar refractivity (Wildman–Crippen MR) is 122 cm³/mol. The van der Waals surface area contributed by atoms with E-state index in [1.54, 1.807) is 0 Å². The molecule has 0 saturated heterocycles. The Balaban J connectivity index is 0.000000488. The van der Waals surface area contributed by atoms with Crippen molar-refractivity contribution in [2.24, 2.45) is 0 Å². The molecule has 0 heterocycles. The SMILES string of the molecule is CC(C)(C)c1cc2ccccc2[cH-]1.CC(C)(C)c1cc2ccccc2[cH-]1.[Cl-].[Cl-].[Si]=[Zr+2]. The van der Waals surface area contributed by atoms with Crippen molar-refractivity contribution >= 4 is 28.4 Å². The van der Waals surface area contributed by atoms with Gasteiger partial charge in [-0.2, -0.15) is 12.1 Å². The van der Waals surface area contributed by atoms with E-state index in [0.29, 0.717) is 0 Å². The van der Waals surface area contributed by atoms with Crippen molar-refractivity contribution in [3.8, 4) is 0 Å². The van der Waals surface area contributed by atoms with Crippen LogP contribution in [0.3, 0.4) is 0 Å². The van der Waals surface area contributed by atoms with Crippen LogP contribution in [0, 0.1) is 0 Å². The fourth-order valence-corrected chi connectivity index (χ4v) is 3.17. The second kappa shape index (κ2) is 12.4. The van der Waals surface area contributed by atoms with Gasteiger partial charge in [-0.3, -0.25) is 0 Å². The monoisotopic (exact) mass is 530 g/mol. The molecular weight excluding hydrogens is 503 g/mol. The maximum atomic E-state index is 3.06. The standard InChI is InChI=1S/2C13H15.2ClH.Si.Zr/c2*1-13(2,3)12-8-10-6-4-5-7-11(10)9-12;;;;/h2*4-9H,1-3H3;2*1H;;/q2*-1;;;;+2/p-2. The quantitative estimate of drug-likeness (QED) is 0.237. The third kappa shape index (κ3) is 7.79. The Bertz CT molecular complexity index is 882. The topological polar surface area (TPSA) is 0 Å². The molecule has 0 fully saturated rings. The van der Waals surface area contributed by atoms with Crippen LogP contribution in [0.4, 0.5) is 0 Å². The first kappa shape index (κ1) is 29.3. The molecule has 0 amide bonds. The molecule has 4 heteroatoms. The number of fused-ring (bicyclic) bond motifs is 2. The second-order valence-corrected chi connectivity index (χ2v) is 9.25. The van der Waals surface area contributed by atoms with Crippen molar-refractivity contribution in [2.45, 2.75) is 52.4 Å². The molecule has 0 unspecified atom stereocenters. The van der Waals surface area contributed by atoms with Crippen LogP contribution >= 0.6 is 0 Å². The van der Waals surface area contributed by atoms with Gasteiger partial charge in [0.2, 0.25) is 0 Å².